The van der Waals surface area contributed by atoms with Crippen LogP contribution in [0.5, 0.6) is 0 Å². The van der Waals surface area contributed by atoms with Gasteiger partial charge in [-0.3, -0.25) is 4.98 Å². The molecule has 0 saturated heterocycles. The molecule has 71 heavy (non-hydrogen) atoms. The summed E-state index contributed by atoms with van der Waals surface area (Å²) in [5.41, 5.74) is 14.6. The predicted molar refractivity (Wildman–Crippen MR) is 277 cm³/mol. The first-order valence-corrected chi connectivity index (χ1v) is 22.3. The summed E-state index contributed by atoms with van der Waals surface area (Å²) in [6.07, 6.45) is 11.4. The first-order chi connectivity index (χ1) is 36.1. The van der Waals surface area contributed by atoms with Crippen molar-refractivity contribution >= 4 is 44.1 Å². The van der Waals surface area contributed by atoms with Crippen molar-refractivity contribution in [2.75, 3.05) is 0 Å². The Bertz CT molecular complexity index is 3870. The monoisotopic (exact) mass is 1290 g/mol. The van der Waals surface area contributed by atoms with Crippen molar-refractivity contribution in [3.63, 3.8) is 0 Å². The van der Waals surface area contributed by atoms with Crippen molar-refractivity contribution in [1.82, 2.24) is 29.9 Å². The molecule has 0 atom stereocenters. The summed E-state index contributed by atoms with van der Waals surface area (Å²) in [6, 6.07) is 55.1. The van der Waals surface area contributed by atoms with E-state index in [4.69, 9.17) is 17.1 Å². The first kappa shape index (κ1) is 43.7. The molecule has 0 spiro atoms. The zero-order valence-electron chi connectivity index (χ0n) is 45.0. The molecule has 356 valence electrons. The van der Waals surface area contributed by atoms with Crippen LogP contribution in [0, 0.1) is 51.9 Å². The molecule has 8 aromatic heterocycles. The second kappa shape index (κ2) is 24.0. The molecule has 10 heteroatoms. The summed E-state index contributed by atoms with van der Waals surface area (Å²) < 4.78 is 56.7. The molecule has 0 aliphatic heterocycles. The van der Waals surface area contributed by atoms with E-state index >= 15 is 0 Å². The van der Waals surface area contributed by atoms with E-state index in [1.165, 1.54) is 17.2 Å². The minimum Gasteiger partial charge on any atom is -0.499 e. The van der Waals surface area contributed by atoms with Crippen LogP contribution in [0.15, 0.2) is 185 Å². The Balaban J connectivity index is 0.000000150. The zero-order chi connectivity index (χ0) is 52.7. The molecule has 0 amide bonds. The van der Waals surface area contributed by atoms with E-state index in [0.29, 0.717) is 17.2 Å². The quantitative estimate of drug-likeness (QED) is 0.157. The van der Waals surface area contributed by atoms with Crippen LogP contribution in [-0.2, 0) is 40.2 Å². The molecule has 0 aliphatic rings. The number of rotatable bonds is 5. The number of fused-ring (bicyclic) bond motifs is 6. The molecule has 0 unspecified atom stereocenters. The van der Waals surface area contributed by atoms with Gasteiger partial charge in [0.15, 0.2) is 0 Å². The Labute approximate surface area is 449 Å². The van der Waals surface area contributed by atoms with Gasteiger partial charge in [-0.1, -0.05) is 91.2 Å². The van der Waals surface area contributed by atoms with Crippen molar-refractivity contribution < 1.29 is 57.3 Å². The van der Waals surface area contributed by atoms with Gasteiger partial charge in [-0.25, -0.2) is 0 Å². The average Bonchev–Trinajstić information content (AvgIpc) is 4.04. The van der Waals surface area contributed by atoms with Crippen LogP contribution in [-0.4, -0.2) is 29.9 Å². The van der Waals surface area contributed by atoms with E-state index in [0.717, 1.165) is 89.7 Å². The number of nitrogens with zero attached hydrogens (tertiary/aromatic N) is 6. The van der Waals surface area contributed by atoms with Gasteiger partial charge in [-0.2, -0.15) is 0 Å². The number of para-hydroxylation sites is 1. The maximum absolute atomic E-state index is 7.50. The van der Waals surface area contributed by atoms with Crippen molar-refractivity contribution in [3.05, 3.63) is 229 Å². The number of aromatic nitrogens is 6. The minimum atomic E-state index is -2.50. The summed E-state index contributed by atoms with van der Waals surface area (Å²) in [5.74, 6) is 0.380. The first-order valence-electron chi connectivity index (χ1n) is 25.3. The number of benzene rings is 4. The molecule has 0 saturated carbocycles. The van der Waals surface area contributed by atoms with Gasteiger partial charge in [-0.15, -0.1) is 95.6 Å². The topological polar surface area (TPSA) is 104 Å². The van der Waals surface area contributed by atoms with E-state index in [1.54, 1.807) is 30.5 Å². The van der Waals surface area contributed by atoms with E-state index < -0.39 is 13.7 Å². The van der Waals surface area contributed by atoms with E-state index in [-0.39, 0.29) is 51.3 Å². The molecule has 2 radical (unpaired) electrons. The van der Waals surface area contributed by atoms with Crippen LogP contribution in [0.1, 0.15) is 55.8 Å². The van der Waals surface area contributed by atoms with E-state index in [2.05, 4.69) is 87.2 Å². The smallest absolute Gasteiger partial charge is 0.142 e. The Morgan fingerprint density at radius 1 is 0.493 bits per heavy atom. The summed E-state index contributed by atoms with van der Waals surface area (Å²) in [6.45, 7) is 3.41. The van der Waals surface area contributed by atoms with Crippen LogP contribution < -0.4 is 0 Å². The number of hydrogen-bond acceptors (Lipinski definition) is 8. The second-order valence-electron chi connectivity index (χ2n) is 16.3. The molecule has 0 bridgehead atoms. The van der Waals surface area contributed by atoms with Crippen molar-refractivity contribution in [3.8, 4) is 45.0 Å². The average molecular weight is 1290 g/mol. The Morgan fingerprint density at radius 2 is 1.21 bits per heavy atom. The van der Waals surface area contributed by atoms with Crippen molar-refractivity contribution in [2.45, 2.75) is 47.3 Å². The summed E-state index contributed by atoms with van der Waals surface area (Å²) in [7, 11) is 0. The molecule has 8 nitrogen and oxygen atoms in total. The third-order valence-electron chi connectivity index (χ3n) is 11.0. The van der Waals surface area contributed by atoms with Gasteiger partial charge in [0.1, 0.15) is 11.2 Å². The predicted octanol–water partition coefficient (Wildman–Crippen LogP) is 15.1. The Morgan fingerprint density at radius 3 is 1.92 bits per heavy atom. The number of pyridine rings is 6. The Kier molecular flexibility index (Phi) is 14.8. The fourth-order valence-corrected chi connectivity index (χ4v) is 7.49. The molecule has 4 aromatic carbocycles. The van der Waals surface area contributed by atoms with Crippen LogP contribution >= 0.6 is 0 Å². The van der Waals surface area contributed by atoms with Crippen molar-refractivity contribution in [2.24, 2.45) is 0 Å². The largest absolute Gasteiger partial charge is 0.499 e. The molecule has 0 aliphatic carbocycles. The molecule has 8 heterocycles. The van der Waals surface area contributed by atoms with Crippen molar-refractivity contribution in [1.29, 1.82) is 0 Å². The third-order valence-corrected chi connectivity index (χ3v) is 11.0. The maximum Gasteiger partial charge on any atom is 0.142 e. The summed E-state index contributed by atoms with van der Waals surface area (Å²) in [5, 5.41) is 2.03. The third kappa shape index (κ3) is 12.2. The maximum atomic E-state index is 7.50. The zero-order valence-corrected chi connectivity index (χ0v) is 43.8. The van der Waals surface area contributed by atoms with Crippen LogP contribution in [0.3, 0.4) is 0 Å². The van der Waals surface area contributed by atoms with Crippen LogP contribution in [0.25, 0.3) is 89.2 Å². The van der Waals surface area contributed by atoms with Gasteiger partial charge in [-0.05, 0) is 109 Å². The second-order valence-corrected chi connectivity index (χ2v) is 16.3. The normalized spacial score (nSPS) is 12.2. The molecular formula is C61H48Ir2N6O2-4. The molecular weight excluding hydrogens is 1230 g/mol. The van der Waals surface area contributed by atoms with Gasteiger partial charge >= 0.3 is 0 Å². The fourth-order valence-electron chi connectivity index (χ4n) is 7.49. The minimum absolute atomic E-state index is 0. The molecule has 12 aromatic rings. The van der Waals surface area contributed by atoms with Gasteiger partial charge in [0, 0.05) is 90.3 Å². The van der Waals surface area contributed by atoms with Gasteiger partial charge in [0.25, 0.3) is 0 Å². The summed E-state index contributed by atoms with van der Waals surface area (Å²) in [4.78, 5) is 26.1. The molecule has 0 fully saturated rings. The van der Waals surface area contributed by atoms with Crippen LogP contribution in [0.4, 0.5) is 0 Å². The summed E-state index contributed by atoms with van der Waals surface area (Å²) >= 11 is 0. The fraction of sp³-hybridized carbons (Fsp3) is 0.115. The van der Waals surface area contributed by atoms with Gasteiger partial charge in [0.05, 0.1) is 16.7 Å². The number of aryl methyl sites for hydroxylation is 4. The van der Waals surface area contributed by atoms with E-state index in [9.17, 15) is 0 Å². The molecule has 0 N–H and O–H groups in total. The van der Waals surface area contributed by atoms with Gasteiger partial charge in [0.2, 0.25) is 0 Å². The SMILES string of the molecule is Cc1ccc(-c2[c-]cccc2)nc1.Cc1ccnc(-c2[c-]ccc3c2oc2c(C(C)C)ccnc23)c1.[2H]C([2H])([2H])c1cnc(-c2[c-]cccc2)cc1C([2H])([2H])[2H].[Ir].[Ir].[c-]1nc2c(cc1-c1ccccn1)oc1ccccc12. The number of hydrogen-bond donors (Lipinski definition) is 0. The number of furan rings is 2. The molecule has 12 rings (SSSR count). The van der Waals surface area contributed by atoms with Gasteiger partial charge < -0.3 is 33.8 Å². The van der Waals surface area contributed by atoms with Crippen LogP contribution in [0.2, 0.25) is 0 Å². The standard InChI is InChI=1S/C20H17N2O.C16H9N2O.C13H12N.C12H10N.2Ir/c1-12(2)14-8-10-22-18-16-6-4-5-15(19(16)23-20(14)18)17-11-13(3)7-9-21-17;1-2-7-14-12(5-1)16-15(19-14)9-11(10-18-16)13-6-3-4-8-17-13;1-10-8-13(14-9-11(10)2)12-6-4-3-5-7-12;1-10-7-8-12(13-9-10)11-5-3-2-4-6-11;;/h4,6-12H,1-3H3;1-9H;3-6,8-9H,1-2H3;2-5,7-9H,1H3;;/q4*-1;;/i;;1D3,2D3;;;. The van der Waals surface area contributed by atoms with E-state index in [1.807, 2.05) is 129 Å². The Hall–Kier alpha value is -7.32.